The van der Waals surface area contributed by atoms with Crippen LogP contribution in [0.5, 0.6) is 5.88 Å². The molecule has 2 rings (SSSR count). The first-order valence-corrected chi connectivity index (χ1v) is 5.49. The molecule has 1 atom stereocenters. The second-order valence-corrected chi connectivity index (χ2v) is 3.51. The Bertz CT molecular complexity index is 439. The predicted octanol–water partition coefficient (Wildman–Crippen LogP) is 1.78. The Balaban J connectivity index is 2.26. The summed E-state index contributed by atoms with van der Waals surface area (Å²) in [6.07, 6.45) is 1.65. The zero-order valence-electron chi connectivity index (χ0n) is 9.88. The molecule has 90 valence electrons. The molecule has 0 spiro atoms. The molecule has 2 aromatic heterocycles. The van der Waals surface area contributed by atoms with Crippen LogP contribution in [0.1, 0.15) is 24.4 Å². The van der Waals surface area contributed by atoms with Crippen LogP contribution in [0, 0.1) is 0 Å². The van der Waals surface area contributed by atoms with E-state index in [9.17, 15) is 0 Å². The molecule has 0 aliphatic heterocycles. The monoisotopic (exact) mass is 233 g/mol. The van der Waals surface area contributed by atoms with Gasteiger partial charge < -0.3 is 14.5 Å². The highest BCUT2D eigenvalue weighted by Crippen LogP contribution is 2.20. The van der Waals surface area contributed by atoms with Crippen molar-refractivity contribution in [2.24, 2.45) is 0 Å². The van der Waals surface area contributed by atoms with Gasteiger partial charge in [0.25, 0.3) is 0 Å². The molecule has 0 aliphatic carbocycles. The first-order chi connectivity index (χ1) is 8.35. The fraction of sp³-hybridized carbons (Fsp3) is 0.333. The van der Waals surface area contributed by atoms with E-state index < -0.39 is 0 Å². The van der Waals surface area contributed by atoms with Gasteiger partial charge in [-0.1, -0.05) is 6.92 Å². The van der Waals surface area contributed by atoms with E-state index in [2.05, 4.69) is 15.5 Å². The highest BCUT2D eigenvalue weighted by Gasteiger charge is 2.17. The molecule has 2 heterocycles. The van der Waals surface area contributed by atoms with Crippen molar-refractivity contribution in [3.63, 3.8) is 0 Å². The van der Waals surface area contributed by atoms with Crippen molar-refractivity contribution in [1.82, 2.24) is 15.5 Å². The van der Waals surface area contributed by atoms with E-state index in [1.54, 1.807) is 19.4 Å². The summed E-state index contributed by atoms with van der Waals surface area (Å²) < 4.78 is 10.4. The van der Waals surface area contributed by atoms with E-state index in [-0.39, 0.29) is 6.04 Å². The van der Waals surface area contributed by atoms with Crippen LogP contribution < -0.4 is 10.1 Å². The zero-order chi connectivity index (χ0) is 12.1. The lowest BCUT2D eigenvalue weighted by Gasteiger charge is -2.14. The Morgan fingerprint density at radius 2 is 2.24 bits per heavy atom. The number of nitrogens with one attached hydrogen (secondary N) is 1. The van der Waals surface area contributed by atoms with E-state index in [1.165, 1.54) is 0 Å². The second-order valence-electron chi connectivity index (χ2n) is 3.51. The van der Waals surface area contributed by atoms with Crippen LogP contribution in [-0.2, 0) is 0 Å². The first kappa shape index (κ1) is 11.6. The van der Waals surface area contributed by atoms with Gasteiger partial charge in [-0.3, -0.25) is 0 Å². The first-order valence-electron chi connectivity index (χ1n) is 5.49. The highest BCUT2D eigenvalue weighted by atomic mass is 16.5. The van der Waals surface area contributed by atoms with Crippen LogP contribution in [-0.4, -0.2) is 23.9 Å². The molecule has 0 radical (unpaired) electrons. The average molecular weight is 233 g/mol. The molecule has 0 fully saturated rings. The Morgan fingerprint density at radius 1 is 1.35 bits per heavy atom. The molecule has 2 aromatic rings. The molecular weight excluding hydrogens is 218 g/mol. The third kappa shape index (κ3) is 2.62. The van der Waals surface area contributed by atoms with Gasteiger partial charge in [0.15, 0.2) is 0 Å². The van der Waals surface area contributed by atoms with Crippen LogP contribution in [0.25, 0.3) is 0 Å². The molecule has 5 heteroatoms. The van der Waals surface area contributed by atoms with Crippen molar-refractivity contribution in [1.29, 1.82) is 0 Å². The number of nitrogens with zero attached hydrogens (tertiary/aromatic N) is 2. The summed E-state index contributed by atoms with van der Waals surface area (Å²) in [6.45, 7) is 2.85. The minimum atomic E-state index is -0.0755. The van der Waals surface area contributed by atoms with Crippen LogP contribution >= 0.6 is 0 Å². The maximum Gasteiger partial charge on any atom is 0.233 e. The lowest BCUT2D eigenvalue weighted by atomic mass is 10.1. The third-order valence-electron chi connectivity index (χ3n) is 2.40. The lowest BCUT2D eigenvalue weighted by molar-refractivity contribution is 0.388. The van der Waals surface area contributed by atoms with Crippen LogP contribution in [0.15, 0.2) is 34.9 Å². The Kier molecular flexibility index (Phi) is 3.72. The second kappa shape index (κ2) is 5.45. The maximum absolute atomic E-state index is 5.40. The SMILES string of the molecule is CCNC(c1ccc(OC)nn1)c1ccco1. The molecular formula is C12H15N3O2. The van der Waals surface area contributed by atoms with E-state index in [1.807, 2.05) is 25.1 Å². The molecule has 0 saturated carbocycles. The third-order valence-corrected chi connectivity index (χ3v) is 2.40. The van der Waals surface area contributed by atoms with Gasteiger partial charge in [-0.2, -0.15) is 0 Å². The molecule has 1 N–H and O–H groups in total. The average Bonchev–Trinajstić information content (AvgIpc) is 2.90. The van der Waals surface area contributed by atoms with E-state index >= 15 is 0 Å². The van der Waals surface area contributed by atoms with Crippen molar-refractivity contribution in [2.75, 3.05) is 13.7 Å². The number of rotatable bonds is 5. The van der Waals surface area contributed by atoms with Crippen molar-refractivity contribution in [3.8, 4) is 5.88 Å². The van der Waals surface area contributed by atoms with Gasteiger partial charge in [0, 0.05) is 6.07 Å². The zero-order valence-corrected chi connectivity index (χ0v) is 9.88. The standard InChI is InChI=1S/C12H15N3O2/c1-3-13-12(10-5-4-8-17-10)9-6-7-11(16-2)15-14-9/h4-8,12-13H,3H2,1-2H3. The van der Waals surface area contributed by atoms with Crippen molar-refractivity contribution < 1.29 is 9.15 Å². The summed E-state index contributed by atoms with van der Waals surface area (Å²) in [5.41, 5.74) is 0.808. The molecule has 0 bridgehead atoms. The van der Waals surface area contributed by atoms with Crippen LogP contribution in [0.4, 0.5) is 0 Å². The largest absolute Gasteiger partial charge is 0.480 e. The van der Waals surface area contributed by atoms with E-state index in [4.69, 9.17) is 9.15 Å². The Morgan fingerprint density at radius 3 is 2.76 bits per heavy atom. The van der Waals surface area contributed by atoms with Gasteiger partial charge >= 0.3 is 0 Å². The minimum Gasteiger partial charge on any atom is -0.480 e. The highest BCUT2D eigenvalue weighted by molar-refractivity contribution is 5.21. The molecule has 0 amide bonds. The summed E-state index contributed by atoms with van der Waals surface area (Å²) in [5, 5.41) is 11.4. The van der Waals surface area contributed by atoms with Gasteiger partial charge in [0.1, 0.15) is 11.8 Å². The summed E-state index contributed by atoms with van der Waals surface area (Å²) in [4.78, 5) is 0. The normalized spacial score (nSPS) is 12.4. The molecule has 0 saturated heterocycles. The van der Waals surface area contributed by atoms with Gasteiger partial charge in [-0.15, -0.1) is 10.2 Å². The fourth-order valence-corrected chi connectivity index (χ4v) is 1.60. The fourth-order valence-electron chi connectivity index (χ4n) is 1.60. The quantitative estimate of drug-likeness (QED) is 0.853. The van der Waals surface area contributed by atoms with Crippen LogP contribution in [0.2, 0.25) is 0 Å². The minimum absolute atomic E-state index is 0.0755. The number of hydrogen-bond acceptors (Lipinski definition) is 5. The van der Waals surface area contributed by atoms with Crippen LogP contribution in [0.3, 0.4) is 0 Å². The van der Waals surface area contributed by atoms with Crippen molar-refractivity contribution in [2.45, 2.75) is 13.0 Å². The number of methoxy groups -OCH3 is 1. The lowest BCUT2D eigenvalue weighted by Crippen LogP contribution is -2.22. The molecule has 0 aliphatic rings. The Hall–Kier alpha value is -1.88. The maximum atomic E-state index is 5.40. The van der Waals surface area contributed by atoms with E-state index in [0.717, 1.165) is 18.0 Å². The number of aromatic nitrogens is 2. The molecule has 0 aromatic carbocycles. The smallest absolute Gasteiger partial charge is 0.233 e. The predicted molar refractivity (Wildman–Crippen MR) is 62.8 cm³/mol. The van der Waals surface area contributed by atoms with Gasteiger partial charge in [0.2, 0.25) is 5.88 Å². The number of hydrogen-bond donors (Lipinski definition) is 1. The summed E-state index contributed by atoms with van der Waals surface area (Å²) >= 11 is 0. The van der Waals surface area contributed by atoms with Gasteiger partial charge in [-0.05, 0) is 24.7 Å². The molecule has 5 nitrogen and oxygen atoms in total. The van der Waals surface area contributed by atoms with Gasteiger partial charge in [0.05, 0.1) is 19.1 Å². The van der Waals surface area contributed by atoms with Crippen molar-refractivity contribution in [3.05, 3.63) is 42.0 Å². The molecule has 1 unspecified atom stereocenters. The topological polar surface area (TPSA) is 60.2 Å². The number of ether oxygens (including phenoxy) is 1. The van der Waals surface area contributed by atoms with Gasteiger partial charge in [-0.25, -0.2) is 0 Å². The summed E-state index contributed by atoms with van der Waals surface area (Å²) in [6, 6.07) is 7.36. The molecule has 17 heavy (non-hydrogen) atoms. The number of furan rings is 1. The summed E-state index contributed by atoms with van der Waals surface area (Å²) in [7, 11) is 1.57. The summed E-state index contributed by atoms with van der Waals surface area (Å²) in [5.74, 6) is 1.33. The Labute approximate surface area is 99.8 Å². The van der Waals surface area contributed by atoms with Crippen molar-refractivity contribution >= 4 is 0 Å². The van der Waals surface area contributed by atoms with E-state index in [0.29, 0.717) is 5.88 Å².